The quantitative estimate of drug-likeness (QED) is 0.918. The van der Waals surface area contributed by atoms with Gasteiger partial charge in [0, 0.05) is 10.9 Å². The monoisotopic (exact) mass is 284 g/mol. The Hall–Kier alpha value is -0.970. The molecule has 18 heavy (non-hydrogen) atoms. The highest BCUT2D eigenvalue weighted by molar-refractivity contribution is 7.10. The van der Waals surface area contributed by atoms with E-state index in [1.807, 2.05) is 19.2 Å². The Balaban J connectivity index is 2.41. The number of aromatic nitrogens is 1. The van der Waals surface area contributed by atoms with Crippen molar-refractivity contribution in [3.63, 3.8) is 0 Å². The van der Waals surface area contributed by atoms with Crippen LogP contribution >= 0.6 is 22.9 Å². The minimum Gasteiger partial charge on any atom is -0.320 e. The lowest BCUT2D eigenvalue weighted by atomic mass is 10.0. The summed E-state index contributed by atoms with van der Waals surface area (Å²) in [5, 5.41) is 3.12. The number of rotatable bonds is 3. The molecule has 0 saturated heterocycles. The molecule has 0 fully saturated rings. The molecule has 0 aliphatic rings. The Morgan fingerprint density at radius 3 is 2.83 bits per heavy atom. The standard InChI is InChI=1S/C13H14ClFN2S/c1-3-13(2,16)12-17-11(7-18-12)9-5-4-8(15)6-10(9)14/h4-7H,3,16H2,1-2H3. The van der Waals surface area contributed by atoms with E-state index in [2.05, 4.69) is 4.98 Å². The first kappa shape index (κ1) is 13.5. The van der Waals surface area contributed by atoms with Gasteiger partial charge in [-0.3, -0.25) is 0 Å². The number of nitrogens with two attached hydrogens (primary N) is 1. The molecule has 1 heterocycles. The topological polar surface area (TPSA) is 38.9 Å². The minimum absolute atomic E-state index is 0.351. The van der Waals surface area contributed by atoms with Gasteiger partial charge in [-0.25, -0.2) is 9.37 Å². The SMILES string of the molecule is CCC(C)(N)c1nc(-c2ccc(F)cc2Cl)cs1. The van der Waals surface area contributed by atoms with Crippen molar-refractivity contribution in [1.82, 2.24) is 4.98 Å². The van der Waals surface area contributed by atoms with Crippen LogP contribution in [-0.2, 0) is 5.54 Å². The second kappa shape index (κ2) is 4.96. The maximum absolute atomic E-state index is 13.0. The molecule has 0 radical (unpaired) electrons. The van der Waals surface area contributed by atoms with Crippen molar-refractivity contribution in [1.29, 1.82) is 0 Å². The summed E-state index contributed by atoms with van der Waals surface area (Å²) in [5.74, 6) is -0.351. The molecule has 0 bridgehead atoms. The third kappa shape index (κ3) is 2.55. The zero-order valence-corrected chi connectivity index (χ0v) is 11.8. The van der Waals surface area contributed by atoms with E-state index >= 15 is 0 Å². The second-order valence-corrected chi connectivity index (χ2v) is 5.70. The van der Waals surface area contributed by atoms with Crippen molar-refractivity contribution >= 4 is 22.9 Å². The first-order valence-electron chi connectivity index (χ1n) is 5.64. The van der Waals surface area contributed by atoms with Crippen LogP contribution in [0.1, 0.15) is 25.3 Å². The summed E-state index contributed by atoms with van der Waals surface area (Å²) in [7, 11) is 0. The molecule has 2 aromatic rings. The summed E-state index contributed by atoms with van der Waals surface area (Å²) in [6, 6.07) is 4.30. The van der Waals surface area contributed by atoms with Crippen LogP contribution in [0.4, 0.5) is 4.39 Å². The van der Waals surface area contributed by atoms with Crippen LogP contribution in [0.3, 0.4) is 0 Å². The maximum Gasteiger partial charge on any atom is 0.124 e. The smallest absolute Gasteiger partial charge is 0.124 e. The first-order valence-corrected chi connectivity index (χ1v) is 6.90. The summed E-state index contributed by atoms with van der Waals surface area (Å²) < 4.78 is 13.0. The Bertz CT molecular complexity index is 566. The third-order valence-corrected chi connectivity index (χ3v) is 4.37. The van der Waals surface area contributed by atoms with Gasteiger partial charge in [-0.15, -0.1) is 11.3 Å². The van der Waals surface area contributed by atoms with E-state index in [0.717, 1.165) is 22.7 Å². The summed E-state index contributed by atoms with van der Waals surface area (Å²) in [5.41, 5.74) is 7.18. The van der Waals surface area contributed by atoms with Gasteiger partial charge in [0.05, 0.1) is 16.3 Å². The molecule has 0 spiro atoms. The van der Waals surface area contributed by atoms with Gasteiger partial charge in [0.15, 0.2) is 0 Å². The number of nitrogens with zero attached hydrogens (tertiary/aromatic N) is 1. The van der Waals surface area contributed by atoms with Gasteiger partial charge in [-0.05, 0) is 31.5 Å². The Morgan fingerprint density at radius 2 is 2.22 bits per heavy atom. The van der Waals surface area contributed by atoms with Crippen LogP contribution < -0.4 is 5.73 Å². The Labute approximate surface area is 115 Å². The maximum atomic E-state index is 13.0. The number of thiazole rings is 1. The molecule has 0 aliphatic carbocycles. The van der Waals surface area contributed by atoms with Crippen molar-refractivity contribution in [3.8, 4) is 11.3 Å². The molecule has 1 unspecified atom stereocenters. The summed E-state index contributed by atoms with van der Waals surface area (Å²) in [6.07, 6.45) is 0.803. The minimum atomic E-state index is -0.435. The summed E-state index contributed by atoms with van der Waals surface area (Å²) in [4.78, 5) is 4.50. The van der Waals surface area contributed by atoms with Crippen LogP contribution in [0.2, 0.25) is 5.02 Å². The highest BCUT2D eigenvalue weighted by Crippen LogP contribution is 2.32. The van der Waals surface area contributed by atoms with Gasteiger partial charge >= 0.3 is 0 Å². The highest BCUT2D eigenvalue weighted by atomic mass is 35.5. The molecule has 5 heteroatoms. The van der Waals surface area contributed by atoms with Crippen molar-refractivity contribution in [3.05, 3.63) is 39.4 Å². The molecule has 1 atom stereocenters. The summed E-state index contributed by atoms with van der Waals surface area (Å²) in [6.45, 7) is 3.97. The average molecular weight is 285 g/mol. The van der Waals surface area contributed by atoms with E-state index in [-0.39, 0.29) is 5.82 Å². The fourth-order valence-electron chi connectivity index (χ4n) is 1.51. The van der Waals surface area contributed by atoms with Crippen molar-refractivity contribution < 1.29 is 4.39 Å². The number of hydrogen-bond donors (Lipinski definition) is 1. The van der Waals surface area contributed by atoms with Gasteiger partial charge in [0.2, 0.25) is 0 Å². The van der Waals surface area contributed by atoms with E-state index in [1.165, 1.54) is 23.5 Å². The third-order valence-electron chi connectivity index (χ3n) is 2.93. The largest absolute Gasteiger partial charge is 0.320 e. The van der Waals surface area contributed by atoms with Gasteiger partial charge in [-0.2, -0.15) is 0 Å². The van der Waals surface area contributed by atoms with Crippen LogP contribution in [0.25, 0.3) is 11.3 Å². The van der Waals surface area contributed by atoms with Gasteiger partial charge in [0.25, 0.3) is 0 Å². The predicted molar refractivity (Wildman–Crippen MR) is 74.3 cm³/mol. The van der Waals surface area contributed by atoms with Crippen LogP contribution in [0.15, 0.2) is 23.6 Å². The van der Waals surface area contributed by atoms with Crippen molar-refractivity contribution in [2.24, 2.45) is 5.73 Å². The molecular formula is C13H14ClFN2S. The van der Waals surface area contributed by atoms with Gasteiger partial charge < -0.3 is 5.73 Å². The van der Waals surface area contributed by atoms with E-state index < -0.39 is 5.54 Å². The number of hydrogen-bond acceptors (Lipinski definition) is 3. The van der Waals surface area contributed by atoms with E-state index in [0.29, 0.717) is 5.02 Å². The molecule has 2 rings (SSSR count). The second-order valence-electron chi connectivity index (χ2n) is 4.43. The molecule has 1 aromatic carbocycles. The fourth-order valence-corrected chi connectivity index (χ4v) is 2.74. The molecule has 2 nitrogen and oxygen atoms in total. The molecule has 0 saturated carbocycles. The molecule has 96 valence electrons. The van der Waals surface area contributed by atoms with Crippen LogP contribution in [0, 0.1) is 5.82 Å². The zero-order chi connectivity index (χ0) is 13.3. The highest BCUT2D eigenvalue weighted by Gasteiger charge is 2.23. The Kier molecular flexibility index (Phi) is 3.71. The van der Waals surface area contributed by atoms with Crippen LogP contribution in [0.5, 0.6) is 0 Å². The lowest BCUT2D eigenvalue weighted by molar-refractivity contribution is 0.474. The van der Waals surface area contributed by atoms with E-state index in [4.69, 9.17) is 17.3 Å². The zero-order valence-electron chi connectivity index (χ0n) is 10.2. The molecule has 0 aliphatic heterocycles. The summed E-state index contributed by atoms with van der Waals surface area (Å²) >= 11 is 7.52. The van der Waals surface area contributed by atoms with Gasteiger partial charge in [0.1, 0.15) is 10.8 Å². The van der Waals surface area contributed by atoms with Crippen molar-refractivity contribution in [2.75, 3.05) is 0 Å². The van der Waals surface area contributed by atoms with E-state index in [9.17, 15) is 4.39 Å². The average Bonchev–Trinajstić information content (AvgIpc) is 2.79. The lowest BCUT2D eigenvalue weighted by Gasteiger charge is -2.18. The first-order chi connectivity index (χ1) is 8.44. The van der Waals surface area contributed by atoms with E-state index in [1.54, 1.807) is 6.07 Å². The Morgan fingerprint density at radius 1 is 1.50 bits per heavy atom. The molecule has 0 amide bonds. The lowest BCUT2D eigenvalue weighted by Crippen LogP contribution is -2.31. The van der Waals surface area contributed by atoms with Gasteiger partial charge in [-0.1, -0.05) is 18.5 Å². The van der Waals surface area contributed by atoms with Crippen molar-refractivity contribution in [2.45, 2.75) is 25.8 Å². The van der Waals surface area contributed by atoms with Crippen LogP contribution in [-0.4, -0.2) is 4.98 Å². The fraction of sp³-hybridized carbons (Fsp3) is 0.308. The molecular weight excluding hydrogens is 271 g/mol. The number of halogens is 2. The predicted octanol–water partition coefficient (Wildman–Crippen LogP) is 4.19. The molecule has 2 N–H and O–H groups in total. The number of benzene rings is 1. The normalized spacial score (nSPS) is 14.5. The molecule has 1 aromatic heterocycles.